The van der Waals surface area contributed by atoms with Crippen LogP contribution in [-0.2, 0) is 0 Å². The Kier molecular flexibility index (Phi) is 5.70. The van der Waals surface area contributed by atoms with Gasteiger partial charge in [-0.25, -0.2) is 9.97 Å². The molecule has 1 N–H and O–H groups in total. The molecule has 4 aromatic rings. The Morgan fingerprint density at radius 2 is 1.67 bits per heavy atom. The highest BCUT2D eigenvalue weighted by atomic mass is 16.5. The summed E-state index contributed by atoms with van der Waals surface area (Å²) >= 11 is 0. The zero-order chi connectivity index (χ0) is 20.8. The summed E-state index contributed by atoms with van der Waals surface area (Å²) in [6.07, 6.45) is 5.25. The van der Waals surface area contributed by atoms with Gasteiger partial charge in [0.15, 0.2) is 0 Å². The highest BCUT2D eigenvalue weighted by molar-refractivity contribution is 6.04. The Morgan fingerprint density at radius 3 is 2.37 bits per heavy atom. The normalized spacial score (nSPS) is 10.4. The van der Waals surface area contributed by atoms with Crippen LogP contribution in [0.5, 0.6) is 17.4 Å². The fourth-order valence-electron chi connectivity index (χ4n) is 2.81. The van der Waals surface area contributed by atoms with Gasteiger partial charge in [0.2, 0.25) is 5.88 Å². The average Bonchev–Trinajstić information content (AvgIpc) is 3.31. The van der Waals surface area contributed by atoms with Crippen molar-refractivity contribution in [3.05, 3.63) is 91.0 Å². The summed E-state index contributed by atoms with van der Waals surface area (Å²) in [7, 11) is 0. The molecule has 2 aromatic carbocycles. The lowest BCUT2D eigenvalue weighted by molar-refractivity contribution is 0.102. The summed E-state index contributed by atoms with van der Waals surface area (Å²) in [5.41, 5.74) is 1.22. The molecule has 150 valence electrons. The van der Waals surface area contributed by atoms with E-state index < -0.39 is 0 Å². The molecule has 0 aliphatic carbocycles. The van der Waals surface area contributed by atoms with Gasteiger partial charge in [0, 0.05) is 29.7 Å². The largest absolute Gasteiger partial charge is 0.494 e. The Morgan fingerprint density at radius 1 is 0.967 bits per heavy atom. The van der Waals surface area contributed by atoms with Gasteiger partial charge in [0.1, 0.15) is 23.6 Å². The molecule has 0 unspecified atom stereocenters. The van der Waals surface area contributed by atoms with Crippen LogP contribution in [0.3, 0.4) is 0 Å². The quantitative estimate of drug-likeness (QED) is 0.486. The van der Waals surface area contributed by atoms with E-state index in [-0.39, 0.29) is 5.91 Å². The number of carbonyl (C=O) groups is 1. The SMILES string of the molecule is CCOc1ccc(C(=O)Nc2ccc(Oc3cc(-n4cccc4)ncn3)cc2)cc1. The number of nitrogens with one attached hydrogen (secondary N) is 1. The maximum Gasteiger partial charge on any atom is 0.255 e. The van der Waals surface area contributed by atoms with Gasteiger partial charge < -0.3 is 19.4 Å². The molecular weight excluding hydrogens is 380 g/mol. The molecular formula is C23H20N4O3. The molecule has 30 heavy (non-hydrogen) atoms. The van der Waals surface area contributed by atoms with E-state index >= 15 is 0 Å². The summed E-state index contributed by atoms with van der Waals surface area (Å²) in [6.45, 7) is 2.50. The highest BCUT2D eigenvalue weighted by Crippen LogP contribution is 2.23. The minimum absolute atomic E-state index is 0.195. The number of rotatable bonds is 7. The first-order chi connectivity index (χ1) is 14.7. The zero-order valence-corrected chi connectivity index (χ0v) is 16.4. The van der Waals surface area contributed by atoms with Crippen LogP contribution in [0.2, 0.25) is 0 Å². The van der Waals surface area contributed by atoms with Crippen molar-refractivity contribution < 1.29 is 14.3 Å². The summed E-state index contributed by atoms with van der Waals surface area (Å²) < 4.78 is 13.1. The minimum atomic E-state index is -0.195. The van der Waals surface area contributed by atoms with Crippen LogP contribution in [-0.4, -0.2) is 27.0 Å². The summed E-state index contributed by atoms with van der Waals surface area (Å²) in [5.74, 6) is 2.29. The molecule has 0 radical (unpaired) electrons. The van der Waals surface area contributed by atoms with Gasteiger partial charge in [-0.3, -0.25) is 4.79 Å². The Hall–Kier alpha value is -4.13. The molecule has 0 saturated heterocycles. The highest BCUT2D eigenvalue weighted by Gasteiger charge is 2.07. The average molecular weight is 400 g/mol. The first-order valence-corrected chi connectivity index (χ1v) is 9.49. The van der Waals surface area contributed by atoms with Crippen molar-refractivity contribution in [2.45, 2.75) is 6.92 Å². The van der Waals surface area contributed by atoms with E-state index in [4.69, 9.17) is 9.47 Å². The number of carbonyl (C=O) groups excluding carboxylic acids is 1. The van der Waals surface area contributed by atoms with Gasteiger partial charge in [0.05, 0.1) is 6.61 Å². The van der Waals surface area contributed by atoms with Crippen LogP contribution >= 0.6 is 0 Å². The van der Waals surface area contributed by atoms with Crippen molar-refractivity contribution in [1.82, 2.24) is 14.5 Å². The van der Waals surface area contributed by atoms with E-state index in [9.17, 15) is 4.79 Å². The van der Waals surface area contributed by atoms with Gasteiger partial charge in [-0.05, 0) is 67.6 Å². The molecule has 0 spiro atoms. The van der Waals surface area contributed by atoms with Gasteiger partial charge in [-0.2, -0.15) is 0 Å². The van der Waals surface area contributed by atoms with Crippen LogP contribution in [0.1, 0.15) is 17.3 Å². The molecule has 1 amide bonds. The van der Waals surface area contributed by atoms with Crippen molar-refractivity contribution in [2.24, 2.45) is 0 Å². The van der Waals surface area contributed by atoms with E-state index in [1.165, 1.54) is 6.33 Å². The van der Waals surface area contributed by atoms with Crippen LogP contribution in [0.15, 0.2) is 85.5 Å². The van der Waals surface area contributed by atoms with E-state index in [0.717, 1.165) is 5.75 Å². The summed E-state index contributed by atoms with van der Waals surface area (Å²) in [5, 5.41) is 2.86. The monoisotopic (exact) mass is 400 g/mol. The lowest BCUT2D eigenvalue weighted by Gasteiger charge is -2.09. The lowest BCUT2D eigenvalue weighted by Crippen LogP contribution is -2.11. The predicted molar refractivity (Wildman–Crippen MR) is 113 cm³/mol. The number of anilines is 1. The van der Waals surface area contributed by atoms with Crippen LogP contribution in [0.25, 0.3) is 5.82 Å². The first-order valence-electron chi connectivity index (χ1n) is 9.49. The molecule has 2 aromatic heterocycles. The van der Waals surface area contributed by atoms with E-state index in [2.05, 4.69) is 15.3 Å². The zero-order valence-electron chi connectivity index (χ0n) is 16.4. The van der Waals surface area contributed by atoms with Gasteiger partial charge >= 0.3 is 0 Å². The number of nitrogens with zero attached hydrogens (tertiary/aromatic N) is 3. The second-order valence-corrected chi connectivity index (χ2v) is 6.34. The van der Waals surface area contributed by atoms with Gasteiger partial charge in [-0.15, -0.1) is 0 Å². The molecule has 0 aliphatic heterocycles. The second kappa shape index (κ2) is 8.91. The van der Waals surface area contributed by atoms with Crippen molar-refractivity contribution in [3.63, 3.8) is 0 Å². The molecule has 7 heteroatoms. The number of amides is 1. The standard InChI is InChI=1S/C23H20N4O3/c1-2-29-19-9-5-17(6-10-19)23(28)26-18-7-11-20(12-8-18)30-22-15-21(24-16-25-22)27-13-3-4-14-27/h3-16H,2H2,1H3,(H,26,28). The molecule has 2 heterocycles. The predicted octanol–water partition coefficient (Wildman–Crippen LogP) is 4.71. The topological polar surface area (TPSA) is 78.3 Å². The van der Waals surface area contributed by atoms with Crippen molar-refractivity contribution in [1.29, 1.82) is 0 Å². The summed E-state index contributed by atoms with van der Waals surface area (Å²) in [4.78, 5) is 20.8. The van der Waals surface area contributed by atoms with Gasteiger partial charge in [-0.1, -0.05) is 0 Å². The number of hydrogen-bond acceptors (Lipinski definition) is 5. The smallest absolute Gasteiger partial charge is 0.255 e. The molecule has 0 saturated carbocycles. The third kappa shape index (κ3) is 4.64. The number of aromatic nitrogens is 3. The van der Waals surface area contributed by atoms with Crippen molar-refractivity contribution in [3.8, 4) is 23.2 Å². The van der Waals surface area contributed by atoms with E-state index in [1.54, 1.807) is 54.6 Å². The molecule has 0 aliphatic rings. The van der Waals surface area contributed by atoms with Crippen LogP contribution in [0.4, 0.5) is 5.69 Å². The number of ether oxygens (including phenoxy) is 2. The number of hydrogen-bond donors (Lipinski definition) is 1. The molecule has 0 fully saturated rings. The van der Waals surface area contributed by atoms with E-state index in [0.29, 0.717) is 35.3 Å². The fraction of sp³-hybridized carbons (Fsp3) is 0.0870. The molecule has 7 nitrogen and oxygen atoms in total. The first kappa shape index (κ1) is 19.2. The Balaban J connectivity index is 1.39. The van der Waals surface area contributed by atoms with Crippen LogP contribution in [0, 0.1) is 0 Å². The number of benzene rings is 2. The molecule has 0 atom stereocenters. The fourth-order valence-corrected chi connectivity index (χ4v) is 2.81. The maximum absolute atomic E-state index is 12.4. The maximum atomic E-state index is 12.4. The van der Waals surface area contributed by atoms with Crippen molar-refractivity contribution >= 4 is 11.6 Å². The van der Waals surface area contributed by atoms with Crippen molar-refractivity contribution in [2.75, 3.05) is 11.9 Å². The Labute approximate surface area is 173 Å². The third-order valence-electron chi connectivity index (χ3n) is 4.26. The van der Waals surface area contributed by atoms with Crippen LogP contribution < -0.4 is 14.8 Å². The molecule has 0 bridgehead atoms. The Bertz CT molecular complexity index is 1110. The molecule has 4 rings (SSSR count). The third-order valence-corrected chi connectivity index (χ3v) is 4.26. The van der Waals surface area contributed by atoms with E-state index in [1.807, 2.05) is 36.0 Å². The minimum Gasteiger partial charge on any atom is -0.494 e. The second-order valence-electron chi connectivity index (χ2n) is 6.34. The van der Waals surface area contributed by atoms with Gasteiger partial charge in [0.25, 0.3) is 5.91 Å². The summed E-state index contributed by atoms with van der Waals surface area (Å²) in [6, 6.07) is 19.7. The lowest BCUT2D eigenvalue weighted by atomic mass is 10.2.